The van der Waals surface area contributed by atoms with Gasteiger partial charge in [0.15, 0.2) is 0 Å². The van der Waals surface area contributed by atoms with Crippen molar-refractivity contribution in [1.82, 2.24) is 0 Å². The largest absolute Gasteiger partial charge is 0.192 e. The minimum atomic E-state index is -0.0637. The zero-order valence-corrected chi connectivity index (χ0v) is 12.7. The Bertz CT molecular complexity index is 1040. The second-order valence-corrected chi connectivity index (χ2v) is 4.73. The van der Waals surface area contributed by atoms with Crippen molar-refractivity contribution in [2.45, 2.75) is 0 Å². The van der Waals surface area contributed by atoms with Crippen molar-refractivity contribution in [1.29, 1.82) is 21.0 Å². The molecule has 2 aromatic carbocycles. The number of nitrogens with zero attached hydrogens (tertiary/aromatic N) is 4. The van der Waals surface area contributed by atoms with Gasteiger partial charge in [-0.2, -0.15) is 21.0 Å². The van der Waals surface area contributed by atoms with Crippen LogP contribution in [0.2, 0.25) is 0 Å². The minimum absolute atomic E-state index is 0.0637. The Labute approximate surface area is 139 Å². The molecule has 0 saturated heterocycles. The monoisotopic (exact) mass is 306 g/mol. The first-order chi connectivity index (χ1) is 11.7. The molecule has 0 radical (unpaired) electrons. The van der Waals surface area contributed by atoms with Crippen LogP contribution in [0.3, 0.4) is 0 Å². The highest BCUT2D eigenvalue weighted by atomic mass is 14.3. The standard InChI is InChI=1S/C20H10N4/c1-3-15-16(4-2)20(14(11-23)12-24)18-8-6-5-7-17(18)19(15)13(9-21)10-22/h3-8H,1-2H2. The molecular weight excluding hydrogens is 296 g/mol. The molecule has 110 valence electrons. The van der Waals surface area contributed by atoms with Crippen molar-refractivity contribution >= 4 is 34.1 Å². The van der Waals surface area contributed by atoms with E-state index in [1.165, 1.54) is 12.2 Å². The first-order valence-electron chi connectivity index (χ1n) is 6.87. The van der Waals surface area contributed by atoms with Gasteiger partial charge in [-0.3, -0.25) is 0 Å². The number of benzene rings is 2. The van der Waals surface area contributed by atoms with E-state index < -0.39 is 0 Å². The third-order valence-electron chi connectivity index (χ3n) is 3.65. The van der Waals surface area contributed by atoms with Gasteiger partial charge >= 0.3 is 0 Å². The molecule has 4 nitrogen and oxygen atoms in total. The van der Waals surface area contributed by atoms with Crippen LogP contribution in [-0.2, 0) is 0 Å². The third kappa shape index (κ3) is 2.32. The molecular formula is C20H10N4. The van der Waals surface area contributed by atoms with Gasteiger partial charge < -0.3 is 0 Å². The summed E-state index contributed by atoms with van der Waals surface area (Å²) in [5, 5.41) is 39.3. The average molecular weight is 306 g/mol. The lowest BCUT2D eigenvalue weighted by atomic mass is 9.91. The van der Waals surface area contributed by atoms with E-state index in [0.29, 0.717) is 32.3 Å². The van der Waals surface area contributed by atoms with Gasteiger partial charge in [0.05, 0.1) is 0 Å². The second kappa shape index (κ2) is 6.76. The van der Waals surface area contributed by atoms with Crippen LogP contribution >= 0.6 is 0 Å². The van der Waals surface area contributed by atoms with Crippen molar-refractivity contribution in [3.05, 3.63) is 59.0 Å². The highest BCUT2D eigenvalue weighted by Gasteiger charge is 2.14. The Morgan fingerprint density at radius 3 is 1.29 bits per heavy atom. The van der Waals surface area contributed by atoms with Crippen LogP contribution in [0.25, 0.3) is 34.1 Å². The fraction of sp³-hybridized carbons (Fsp3) is 0. The summed E-state index contributed by atoms with van der Waals surface area (Å²) in [5.74, 6) is 0. The molecule has 0 bridgehead atoms. The third-order valence-corrected chi connectivity index (χ3v) is 3.65. The van der Waals surface area contributed by atoms with Gasteiger partial charge in [0.2, 0.25) is 0 Å². The van der Waals surface area contributed by atoms with E-state index in [9.17, 15) is 21.0 Å². The summed E-state index contributed by atoms with van der Waals surface area (Å²) in [6.07, 6.45) is 3.01. The lowest BCUT2D eigenvalue weighted by molar-refractivity contribution is 1.46. The summed E-state index contributed by atoms with van der Waals surface area (Å²) in [5.41, 5.74) is 0.872. The maximum Gasteiger partial charge on any atom is 0.138 e. The Hall–Kier alpha value is -4.12. The van der Waals surface area contributed by atoms with E-state index in [1.807, 2.05) is 24.3 Å². The summed E-state index contributed by atoms with van der Waals surface area (Å²) in [6.45, 7) is 7.51. The molecule has 2 aromatic rings. The van der Waals surface area contributed by atoms with Gasteiger partial charge in [0.25, 0.3) is 0 Å². The molecule has 0 heterocycles. The van der Waals surface area contributed by atoms with Gasteiger partial charge in [-0.1, -0.05) is 49.6 Å². The van der Waals surface area contributed by atoms with E-state index in [2.05, 4.69) is 13.2 Å². The molecule has 0 fully saturated rings. The lowest BCUT2D eigenvalue weighted by Gasteiger charge is -2.10. The zero-order valence-electron chi connectivity index (χ0n) is 12.7. The molecule has 0 aromatic heterocycles. The van der Waals surface area contributed by atoms with E-state index in [4.69, 9.17) is 0 Å². The van der Waals surface area contributed by atoms with Gasteiger partial charge in [-0.05, 0) is 21.9 Å². The van der Waals surface area contributed by atoms with E-state index >= 15 is 0 Å². The van der Waals surface area contributed by atoms with Gasteiger partial charge in [0.1, 0.15) is 35.4 Å². The van der Waals surface area contributed by atoms with Crippen molar-refractivity contribution < 1.29 is 0 Å². The van der Waals surface area contributed by atoms with E-state index in [0.717, 1.165) is 0 Å². The smallest absolute Gasteiger partial charge is 0.138 e. The maximum atomic E-state index is 9.31. The zero-order chi connectivity index (χ0) is 17.7. The van der Waals surface area contributed by atoms with Crippen LogP contribution in [0.4, 0.5) is 0 Å². The SMILES string of the molecule is C=Cc1c(C=C)c(=C(C#N)C#N)c2ccccc2c1=C(C#N)C#N. The van der Waals surface area contributed by atoms with Crippen LogP contribution in [0.5, 0.6) is 0 Å². The molecule has 0 unspecified atom stereocenters. The topological polar surface area (TPSA) is 95.2 Å². The number of fused-ring (bicyclic) bond motifs is 1. The summed E-state index contributed by atoms with van der Waals surface area (Å²) in [6, 6.07) is 14.6. The lowest BCUT2D eigenvalue weighted by Crippen LogP contribution is -2.23. The quantitative estimate of drug-likeness (QED) is 0.851. The Balaban J connectivity index is 3.55. The highest BCUT2D eigenvalue weighted by molar-refractivity contribution is 5.97. The highest BCUT2D eigenvalue weighted by Crippen LogP contribution is 2.15. The summed E-state index contributed by atoms with van der Waals surface area (Å²) < 4.78 is 0. The van der Waals surface area contributed by atoms with Crippen LogP contribution in [0.1, 0.15) is 11.1 Å². The van der Waals surface area contributed by atoms with Crippen molar-refractivity contribution in [3.63, 3.8) is 0 Å². The summed E-state index contributed by atoms with van der Waals surface area (Å²) in [7, 11) is 0. The fourth-order valence-electron chi connectivity index (χ4n) is 2.71. The summed E-state index contributed by atoms with van der Waals surface area (Å²) in [4.78, 5) is 0. The van der Waals surface area contributed by atoms with Gasteiger partial charge in [-0.25, -0.2) is 0 Å². The minimum Gasteiger partial charge on any atom is -0.192 e. The van der Waals surface area contributed by atoms with Crippen LogP contribution in [0, 0.1) is 45.3 Å². The maximum absolute atomic E-state index is 9.31. The predicted molar refractivity (Wildman–Crippen MR) is 92.6 cm³/mol. The number of hydrogen-bond acceptors (Lipinski definition) is 4. The fourth-order valence-corrected chi connectivity index (χ4v) is 2.71. The van der Waals surface area contributed by atoms with Gasteiger partial charge in [-0.15, -0.1) is 0 Å². The molecule has 0 aliphatic heterocycles. The van der Waals surface area contributed by atoms with Crippen molar-refractivity contribution in [2.24, 2.45) is 0 Å². The van der Waals surface area contributed by atoms with Crippen molar-refractivity contribution in [3.8, 4) is 24.3 Å². The van der Waals surface area contributed by atoms with E-state index in [-0.39, 0.29) is 11.1 Å². The Kier molecular flexibility index (Phi) is 4.58. The Morgan fingerprint density at radius 2 is 1.04 bits per heavy atom. The van der Waals surface area contributed by atoms with Gasteiger partial charge in [0, 0.05) is 10.4 Å². The van der Waals surface area contributed by atoms with Crippen molar-refractivity contribution in [2.75, 3.05) is 0 Å². The predicted octanol–water partition coefficient (Wildman–Crippen LogP) is 2.52. The summed E-state index contributed by atoms with van der Waals surface area (Å²) >= 11 is 0. The average Bonchev–Trinajstić information content (AvgIpc) is 2.63. The van der Waals surface area contributed by atoms with Crippen LogP contribution in [0.15, 0.2) is 37.4 Å². The molecule has 0 spiro atoms. The molecule has 0 amide bonds. The molecule has 0 N–H and O–H groups in total. The molecule has 0 atom stereocenters. The normalized spacial score (nSPS) is 9.00. The first-order valence-corrected chi connectivity index (χ1v) is 6.87. The Morgan fingerprint density at radius 1 is 0.708 bits per heavy atom. The molecule has 0 aliphatic rings. The second-order valence-electron chi connectivity index (χ2n) is 4.73. The molecule has 24 heavy (non-hydrogen) atoms. The number of rotatable bonds is 2. The number of hydrogen-bond donors (Lipinski definition) is 0. The number of nitriles is 4. The molecule has 4 heteroatoms. The molecule has 2 rings (SSSR count). The van der Waals surface area contributed by atoms with E-state index in [1.54, 1.807) is 24.3 Å². The van der Waals surface area contributed by atoms with Crippen LogP contribution in [-0.4, -0.2) is 0 Å². The molecule has 0 saturated carbocycles. The van der Waals surface area contributed by atoms with Crippen LogP contribution < -0.4 is 10.4 Å². The first kappa shape index (κ1) is 16.3. The molecule has 0 aliphatic carbocycles.